The standard InChI is InChI=1S/C21H21NO3/c1-25-14-8-6-13(7-9-14)22-20(23)18-15-10-11-16(19(18)21(22)24)17(15)12-4-2-3-5-12/h6-11,15-16,18-19H,2-5H2,1H3/t15-,16-,18-,19+/m0/s1. The molecule has 1 aromatic rings. The van der Waals surface area contributed by atoms with E-state index in [0.717, 1.165) is 18.6 Å². The van der Waals surface area contributed by atoms with Gasteiger partial charge in [-0.3, -0.25) is 9.59 Å². The molecule has 2 saturated carbocycles. The first-order valence-corrected chi connectivity index (χ1v) is 9.12. The van der Waals surface area contributed by atoms with Crippen LogP contribution in [0, 0.1) is 23.7 Å². The number of methoxy groups -OCH3 is 1. The van der Waals surface area contributed by atoms with Gasteiger partial charge in [0, 0.05) is 11.8 Å². The Hall–Kier alpha value is -2.36. The number of rotatable bonds is 2. The number of hydrogen-bond acceptors (Lipinski definition) is 3. The molecule has 4 heteroatoms. The van der Waals surface area contributed by atoms with E-state index in [1.165, 1.54) is 28.9 Å². The van der Waals surface area contributed by atoms with Crippen LogP contribution >= 0.6 is 0 Å². The molecular formula is C21H21NO3. The summed E-state index contributed by atoms with van der Waals surface area (Å²) in [4.78, 5) is 27.6. The molecule has 0 N–H and O–H groups in total. The second-order valence-corrected chi connectivity index (χ2v) is 7.46. The number of anilines is 1. The molecule has 0 radical (unpaired) electrons. The van der Waals surface area contributed by atoms with E-state index in [-0.39, 0.29) is 35.5 Å². The van der Waals surface area contributed by atoms with Gasteiger partial charge in [0.2, 0.25) is 11.8 Å². The molecule has 0 unspecified atom stereocenters. The van der Waals surface area contributed by atoms with Gasteiger partial charge >= 0.3 is 0 Å². The third-order valence-electron chi connectivity index (χ3n) is 6.36. The molecule has 4 nitrogen and oxygen atoms in total. The highest BCUT2D eigenvalue weighted by Gasteiger charge is 2.62. The van der Waals surface area contributed by atoms with Gasteiger partial charge in [0.15, 0.2) is 0 Å². The molecule has 25 heavy (non-hydrogen) atoms. The minimum absolute atomic E-state index is 0.0342. The predicted molar refractivity (Wildman–Crippen MR) is 94.1 cm³/mol. The Balaban J connectivity index is 1.51. The summed E-state index contributed by atoms with van der Waals surface area (Å²) in [6.45, 7) is 0. The van der Waals surface area contributed by atoms with Crippen LogP contribution in [0.3, 0.4) is 0 Å². The summed E-state index contributed by atoms with van der Waals surface area (Å²) in [7, 11) is 1.60. The molecule has 128 valence electrons. The number of carbonyl (C=O) groups is 2. The zero-order valence-corrected chi connectivity index (χ0v) is 14.3. The number of hydrogen-bond donors (Lipinski definition) is 0. The monoisotopic (exact) mass is 335 g/mol. The van der Waals surface area contributed by atoms with Crippen molar-refractivity contribution in [3.8, 4) is 5.75 Å². The van der Waals surface area contributed by atoms with Crippen molar-refractivity contribution < 1.29 is 14.3 Å². The Morgan fingerprint density at radius 1 is 0.920 bits per heavy atom. The van der Waals surface area contributed by atoms with Crippen LogP contribution in [-0.4, -0.2) is 18.9 Å². The van der Waals surface area contributed by atoms with Gasteiger partial charge in [-0.1, -0.05) is 23.3 Å². The second-order valence-electron chi connectivity index (χ2n) is 7.46. The average Bonchev–Trinajstić information content (AvgIpc) is 3.38. The average molecular weight is 335 g/mol. The lowest BCUT2D eigenvalue weighted by molar-refractivity contribution is -0.122. The highest BCUT2D eigenvalue weighted by molar-refractivity contribution is 6.23. The van der Waals surface area contributed by atoms with Gasteiger partial charge in [0.05, 0.1) is 24.6 Å². The fourth-order valence-corrected chi connectivity index (χ4v) is 5.31. The molecule has 3 fully saturated rings. The zero-order chi connectivity index (χ0) is 17.1. The number of ether oxygens (including phenoxy) is 1. The zero-order valence-electron chi connectivity index (χ0n) is 14.3. The summed E-state index contributed by atoms with van der Waals surface area (Å²) >= 11 is 0. The molecule has 4 atom stereocenters. The van der Waals surface area contributed by atoms with Gasteiger partial charge in [-0.05, 0) is 49.9 Å². The summed E-state index contributed by atoms with van der Waals surface area (Å²) in [5.41, 5.74) is 3.58. The first kappa shape index (κ1) is 14.9. The van der Waals surface area contributed by atoms with Crippen LogP contribution < -0.4 is 9.64 Å². The van der Waals surface area contributed by atoms with Crippen molar-refractivity contribution in [3.63, 3.8) is 0 Å². The van der Waals surface area contributed by atoms with Crippen LogP contribution in [0.15, 0.2) is 47.6 Å². The number of benzene rings is 1. The number of imide groups is 1. The fourth-order valence-electron chi connectivity index (χ4n) is 5.31. The van der Waals surface area contributed by atoms with Crippen molar-refractivity contribution in [1.29, 1.82) is 0 Å². The van der Waals surface area contributed by atoms with Gasteiger partial charge in [-0.25, -0.2) is 4.90 Å². The maximum absolute atomic E-state index is 13.1. The van der Waals surface area contributed by atoms with E-state index in [2.05, 4.69) is 12.2 Å². The minimum Gasteiger partial charge on any atom is -0.497 e. The number of allylic oxidation sites excluding steroid dienone is 4. The van der Waals surface area contributed by atoms with Crippen LogP contribution in [0.1, 0.15) is 25.7 Å². The third-order valence-corrected chi connectivity index (χ3v) is 6.36. The van der Waals surface area contributed by atoms with Crippen LogP contribution in [0.4, 0.5) is 5.69 Å². The van der Waals surface area contributed by atoms with E-state index in [0.29, 0.717) is 5.69 Å². The van der Waals surface area contributed by atoms with Crippen LogP contribution in [-0.2, 0) is 9.59 Å². The van der Waals surface area contributed by atoms with Gasteiger partial charge in [0.1, 0.15) is 5.75 Å². The highest BCUT2D eigenvalue weighted by atomic mass is 16.5. The van der Waals surface area contributed by atoms with Crippen LogP contribution in [0.2, 0.25) is 0 Å². The summed E-state index contributed by atoms with van der Waals surface area (Å²) in [5.74, 6) is 0.533. The molecule has 0 spiro atoms. The first-order chi connectivity index (χ1) is 12.2. The Labute approximate surface area is 147 Å². The van der Waals surface area contributed by atoms with Gasteiger partial charge in [-0.2, -0.15) is 0 Å². The van der Waals surface area contributed by atoms with E-state index < -0.39 is 0 Å². The van der Waals surface area contributed by atoms with E-state index in [1.54, 1.807) is 31.4 Å². The van der Waals surface area contributed by atoms with Crippen molar-refractivity contribution >= 4 is 17.5 Å². The van der Waals surface area contributed by atoms with Crippen molar-refractivity contribution in [2.45, 2.75) is 25.7 Å². The van der Waals surface area contributed by atoms with Gasteiger partial charge in [-0.15, -0.1) is 0 Å². The summed E-state index contributed by atoms with van der Waals surface area (Å²) in [5, 5.41) is 0. The fraction of sp³-hybridized carbons (Fsp3) is 0.429. The van der Waals surface area contributed by atoms with Crippen molar-refractivity contribution in [2.24, 2.45) is 23.7 Å². The molecule has 2 amide bonds. The molecule has 4 aliphatic rings. The molecule has 3 aliphatic carbocycles. The molecule has 0 aromatic heterocycles. The Morgan fingerprint density at radius 3 is 2.00 bits per heavy atom. The number of fused-ring (bicyclic) bond motifs is 5. The lowest BCUT2D eigenvalue weighted by atomic mass is 9.85. The van der Waals surface area contributed by atoms with E-state index in [9.17, 15) is 9.59 Å². The second kappa shape index (κ2) is 5.32. The Kier molecular flexibility index (Phi) is 3.18. The molecular weight excluding hydrogens is 314 g/mol. The summed E-state index contributed by atoms with van der Waals surface area (Å²) in [6.07, 6.45) is 9.13. The number of carbonyl (C=O) groups excluding carboxylic acids is 2. The van der Waals surface area contributed by atoms with Crippen molar-refractivity contribution in [2.75, 3.05) is 12.0 Å². The largest absolute Gasteiger partial charge is 0.497 e. The molecule has 1 aliphatic heterocycles. The molecule has 1 heterocycles. The van der Waals surface area contributed by atoms with Crippen LogP contribution in [0.5, 0.6) is 5.75 Å². The normalized spacial score (nSPS) is 32.9. The third kappa shape index (κ3) is 1.94. The quantitative estimate of drug-likeness (QED) is 0.614. The molecule has 1 aromatic carbocycles. The van der Waals surface area contributed by atoms with E-state index in [1.807, 2.05) is 0 Å². The van der Waals surface area contributed by atoms with Crippen molar-refractivity contribution in [1.82, 2.24) is 0 Å². The van der Waals surface area contributed by atoms with Gasteiger partial charge < -0.3 is 4.74 Å². The Morgan fingerprint density at radius 2 is 1.48 bits per heavy atom. The maximum atomic E-state index is 13.1. The molecule has 1 saturated heterocycles. The lowest BCUT2D eigenvalue weighted by Gasteiger charge is -2.20. The van der Waals surface area contributed by atoms with E-state index in [4.69, 9.17) is 4.74 Å². The minimum atomic E-state index is -0.201. The maximum Gasteiger partial charge on any atom is 0.238 e. The number of amides is 2. The SMILES string of the molecule is COc1ccc(N2C(=O)[C@@H]3[C@H](C2=O)[C@H]2C=C[C@H]3C2=C2CCCC2)cc1. The topological polar surface area (TPSA) is 46.6 Å². The molecule has 5 rings (SSSR count). The van der Waals surface area contributed by atoms with E-state index >= 15 is 0 Å². The van der Waals surface area contributed by atoms with Crippen molar-refractivity contribution in [3.05, 3.63) is 47.6 Å². The lowest BCUT2D eigenvalue weighted by Crippen LogP contribution is -2.33. The summed E-state index contributed by atoms with van der Waals surface area (Å²) < 4.78 is 5.17. The predicted octanol–water partition coefficient (Wildman–Crippen LogP) is 3.49. The van der Waals surface area contributed by atoms with Crippen LogP contribution in [0.25, 0.3) is 0 Å². The van der Waals surface area contributed by atoms with Gasteiger partial charge in [0.25, 0.3) is 0 Å². The first-order valence-electron chi connectivity index (χ1n) is 9.12. The molecule has 2 bridgehead atoms. The summed E-state index contributed by atoms with van der Waals surface area (Å²) in [6, 6.07) is 7.17. The number of nitrogens with zero attached hydrogens (tertiary/aromatic N) is 1. The highest BCUT2D eigenvalue weighted by Crippen LogP contribution is 2.58. The Bertz CT molecular complexity index is 778. The smallest absolute Gasteiger partial charge is 0.238 e.